The second-order valence-corrected chi connectivity index (χ2v) is 32.3. The maximum atomic E-state index is 15.7. The van der Waals surface area contributed by atoms with Crippen LogP contribution in [0.3, 0.4) is 0 Å². The van der Waals surface area contributed by atoms with Crippen molar-refractivity contribution >= 4 is 70.9 Å². The third kappa shape index (κ3) is 20.5. The fourth-order valence-corrected chi connectivity index (χ4v) is 17.7. The number of nitrogens with one attached hydrogen (secondary N) is 3. The summed E-state index contributed by atoms with van der Waals surface area (Å²) >= 11 is 0. The molecule has 11 atom stereocenters. The largest absolute Gasteiger partial charge is 0.397 e. The third-order valence-electron chi connectivity index (χ3n) is 24.4. The Kier molecular flexibility index (Phi) is 30.0. The van der Waals surface area contributed by atoms with Gasteiger partial charge in [-0.15, -0.1) is 0 Å². The highest BCUT2D eigenvalue weighted by Gasteiger charge is 2.55. The van der Waals surface area contributed by atoms with Gasteiger partial charge in [0, 0.05) is 68.5 Å². The second kappa shape index (κ2) is 37.5. The lowest BCUT2D eigenvalue weighted by Gasteiger charge is -2.42. The Bertz CT molecular complexity index is 3100. The number of hydrogen-bond donors (Lipinski definition) is 3. The van der Waals surface area contributed by atoms with Crippen molar-refractivity contribution in [1.82, 2.24) is 60.0 Å². The van der Waals surface area contributed by atoms with E-state index in [1.165, 1.54) is 76.6 Å². The summed E-state index contributed by atoms with van der Waals surface area (Å²) in [6.07, 6.45) is -6.90. The highest BCUT2D eigenvalue weighted by atomic mass is 19.4. The van der Waals surface area contributed by atoms with Crippen LogP contribution < -0.4 is 16.0 Å². The number of ether oxygens (including phenoxy) is 1. The third-order valence-corrected chi connectivity index (χ3v) is 24.4. The molecule has 12 amide bonds. The van der Waals surface area contributed by atoms with Gasteiger partial charge in [-0.1, -0.05) is 72.6 Å². The van der Waals surface area contributed by atoms with Crippen LogP contribution in [0.25, 0.3) is 0 Å². The average molecular weight is 1510 g/mol. The van der Waals surface area contributed by atoms with Gasteiger partial charge in [0.2, 0.25) is 70.9 Å². The number of halogens is 6. The van der Waals surface area contributed by atoms with E-state index < -0.39 is 205 Å². The standard InChI is InChI=1S/C75H118F6N12O13/c1-11-46(4)63-71(103)86(6)44-61(96)87(7)55-22-13-12-18-32-93(70(55)102)58(41-47-24-27-50(76)28-25-47)68(100)85(5)43-59(94)82-53(29-26-48-39-51(77)62(52(78)40-48)75(79,80)81)67(99)92-33-19-23-54(92)66(98)84-74(30-16-17-31-74)73(105)90(10)64(49-20-14-15-21-49)72(104)89(9)57(69(101)91-34-36-106-37-35-91)42-60(95)88(8)56(38-45(2)3)65(97)83-63/h45-58,62-64H,11-44H2,1-10H3,(H,82,94)(H,83,97)(H,84,98)/t46-,47?,48?,50?,51?,52?,53-,54-,55-,56-,57-,58-,62?,63-,64-/m0/s1. The van der Waals surface area contributed by atoms with Crippen LogP contribution in [-0.2, 0) is 62.3 Å². The zero-order valence-corrected chi connectivity index (χ0v) is 64.0. The number of nitrogens with zero attached hydrogens (tertiary/aromatic N) is 9. The molecule has 4 aliphatic heterocycles. The molecule has 8 aliphatic rings. The first kappa shape index (κ1) is 84.8. The number of carbonyl (C=O) groups is 12. The molecule has 1 spiro atoms. The summed E-state index contributed by atoms with van der Waals surface area (Å²) in [5.74, 6) is -13.7. The molecule has 4 heterocycles. The summed E-state index contributed by atoms with van der Waals surface area (Å²) in [7, 11) is 8.41. The lowest BCUT2D eigenvalue weighted by molar-refractivity contribution is -0.219. The normalized spacial score (nSPS) is 32.3. The van der Waals surface area contributed by atoms with Crippen molar-refractivity contribution in [3.8, 4) is 0 Å². The molecule has 3 N–H and O–H groups in total. The Hall–Kier alpha value is -6.82. The first-order valence-corrected chi connectivity index (χ1v) is 39.0. The Morgan fingerprint density at radius 1 is 0.575 bits per heavy atom. The quantitative estimate of drug-likeness (QED) is 0.204. The zero-order chi connectivity index (χ0) is 77.8. The molecule has 0 aromatic carbocycles. The molecular formula is C75H118F6N12O13. The van der Waals surface area contributed by atoms with Crippen molar-refractivity contribution in [2.45, 2.75) is 273 Å². The molecule has 0 aromatic rings. The summed E-state index contributed by atoms with van der Waals surface area (Å²) in [4.78, 5) is 193. The molecule has 4 saturated heterocycles. The molecular weight excluding hydrogens is 1390 g/mol. The summed E-state index contributed by atoms with van der Waals surface area (Å²) in [6, 6.07) is -10.5. The number of carbonyl (C=O) groups excluding carboxylic acids is 12. The number of amides is 12. The van der Waals surface area contributed by atoms with Crippen molar-refractivity contribution in [2.75, 3.05) is 94.8 Å². The van der Waals surface area contributed by atoms with Gasteiger partial charge in [-0.05, 0) is 145 Å². The smallest absolute Gasteiger partial charge is 0.378 e. The van der Waals surface area contributed by atoms with Gasteiger partial charge in [-0.25, -0.2) is 13.2 Å². The molecule has 598 valence electrons. The Morgan fingerprint density at radius 3 is 1.79 bits per heavy atom. The minimum atomic E-state index is -5.17. The number of alkyl halides is 6. The molecule has 0 aromatic heterocycles. The maximum Gasteiger partial charge on any atom is 0.397 e. The topological polar surface area (TPSA) is 279 Å². The molecule has 25 nitrogen and oxygen atoms in total. The molecule has 4 saturated carbocycles. The summed E-state index contributed by atoms with van der Waals surface area (Å²) in [5, 5.41) is 8.63. The highest BCUT2D eigenvalue weighted by Crippen LogP contribution is 2.45. The van der Waals surface area contributed by atoms with E-state index in [9.17, 15) is 36.7 Å². The number of morpholine rings is 1. The minimum Gasteiger partial charge on any atom is -0.378 e. The van der Waals surface area contributed by atoms with Crippen LogP contribution in [0.2, 0.25) is 0 Å². The van der Waals surface area contributed by atoms with E-state index in [4.69, 9.17) is 4.74 Å². The number of rotatable bonds is 11. The van der Waals surface area contributed by atoms with Crippen LogP contribution in [0, 0.1) is 35.5 Å². The van der Waals surface area contributed by atoms with E-state index >= 15 is 47.1 Å². The van der Waals surface area contributed by atoms with Gasteiger partial charge in [0.15, 0.2) is 0 Å². The summed E-state index contributed by atoms with van der Waals surface area (Å²) in [6.45, 7) is 6.55. The first-order valence-electron chi connectivity index (χ1n) is 39.0. The van der Waals surface area contributed by atoms with Gasteiger partial charge in [0.05, 0.1) is 32.7 Å². The molecule has 4 aliphatic carbocycles. The number of fused-ring (bicyclic) bond motifs is 3. The number of likely N-dealkylation sites (N-methyl/N-ethyl adjacent to an activating group) is 6. The van der Waals surface area contributed by atoms with Gasteiger partial charge in [-0.3, -0.25) is 57.5 Å². The fraction of sp³-hybridized carbons (Fsp3) is 0.840. The second-order valence-electron chi connectivity index (χ2n) is 32.3. The van der Waals surface area contributed by atoms with E-state index in [0.29, 0.717) is 77.0 Å². The Morgan fingerprint density at radius 2 is 1.18 bits per heavy atom. The van der Waals surface area contributed by atoms with Crippen LogP contribution in [0.1, 0.15) is 195 Å². The van der Waals surface area contributed by atoms with Crippen LogP contribution >= 0.6 is 0 Å². The van der Waals surface area contributed by atoms with E-state index in [0.717, 1.165) is 9.80 Å². The Balaban J connectivity index is 1.19. The van der Waals surface area contributed by atoms with Crippen molar-refractivity contribution in [3.63, 3.8) is 0 Å². The predicted molar refractivity (Wildman–Crippen MR) is 379 cm³/mol. The van der Waals surface area contributed by atoms with E-state index in [1.54, 1.807) is 6.92 Å². The van der Waals surface area contributed by atoms with Crippen LogP contribution in [0.15, 0.2) is 0 Å². The molecule has 8 rings (SSSR count). The van der Waals surface area contributed by atoms with Crippen LogP contribution in [-0.4, -0.2) is 288 Å². The lowest BCUT2D eigenvalue weighted by Crippen LogP contribution is -2.65. The van der Waals surface area contributed by atoms with Crippen molar-refractivity contribution in [3.05, 3.63) is 0 Å². The van der Waals surface area contributed by atoms with E-state index in [2.05, 4.69) is 16.0 Å². The first-order chi connectivity index (χ1) is 50.1. The predicted octanol–water partition coefficient (Wildman–Crippen LogP) is 5.88. The van der Waals surface area contributed by atoms with Gasteiger partial charge in [0.1, 0.15) is 78.3 Å². The lowest BCUT2D eigenvalue weighted by atomic mass is 9.76. The maximum absolute atomic E-state index is 15.7. The summed E-state index contributed by atoms with van der Waals surface area (Å²) in [5.41, 5.74) is -1.64. The van der Waals surface area contributed by atoms with Gasteiger partial charge >= 0.3 is 6.18 Å². The monoisotopic (exact) mass is 1510 g/mol. The van der Waals surface area contributed by atoms with Crippen LogP contribution in [0.5, 0.6) is 0 Å². The molecule has 2 bridgehead atoms. The van der Waals surface area contributed by atoms with Gasteiger partial charge < -0.3 is 64.8 Å². The Labute approximate surface area is 620 Å². The number of hydrogen-bond acceptors (Lipinski definition) is 13. The molecule has 31 heteroatoms. The molecule has 2 unspecified atom stereocenters. The van der Waals surface area contributed by atoms with Crippen molar-refractivity contribution in [2.24, 2.45) is 35.5 Å². The average Bonchev–Trinajstić information content (AvgIpc) is 1.50. The van der Waals surface area contributed by atoms with E-state index in [-0.39, 0.29) is 122 Å². The molecule has 106 heavy (non-hydrogen) atoms. The van der Waals surface area contributed by atoms with Gasteiger partial charge in [-0.2, -0.15) is 13.2 Å². The highest BCUT2D eigenvalue weighted by molar-refractivity contribution is 6.01. The minimum absolute atomic E-state index is 0.0435. The zero-order valence-electron chi connectivity index (χ0n) is 64.0. The SMILES string of the molecule is CC[C@H](C)[C@@H]1NC(=O)[C@H](CC(C)C)N(C)C(=O)C[C@@H](C(=O)N2CCOCC2)N(C)C(=O)[C@H](C2CCCC2)N(C)C(=O)C2(CCCC2)NC(=O)[C@@H]2CCCN2C(=O)[C@H](CCC2CC(F)C(C(F)(F)F)C(F)C2)NC(=O)CN(C)C(=O)[C@H](CC2CCC(F)CC2)N2CCCCC[C@@H](C2=O)N(C)C(=O)CN(C)C1=O. The van der Waals surface area contributed by atoms with E-state index in [1.807, 2.05) is 20.8 Å². The fourth-order valence-electron chi connectivity index (χ4n) is 17.7. The summed E-state index contributed by atoms with van der Waals surface area (Å²) < 4.78 is 93.0. The van der Waals surface area contributed by atoms with Gasteiger partial charge in [0.25, 0.3) is 0 Å². The van der Waals surface area contributed by atoms with Crippen molar-refractivity contribution in [1.29, 1.82) is 0 Å². The molecule has 8 fully saturated rings. The van der Waals surface area contributed by atoms with Crippen LogP contribution in [0.4, 0.5) is 26.3 Å². The van der Waals surface area contributed by atoms with Crippen molar-refractivity contribution < 1.29 is 88.6 Å². The molecule has 0 radical (unpaired) electrons.